The Balaban J connectivity index is 1.39. The van der Waals surface area contributed by atoms with Gasteiger partial charge in [-0.25, -0.2) is 0 Å². The molecule has 1 fully saturated rings. The molecule has 3 rings (SSSR count). The zero-order chi connectivity index (χ0) is 15.9. The van der Waals surface area contributed by atoms with E-state index in [0.29, 0.717) is 13.2 Å². The molecule has 2 heterocycles. The first-order valence-electron chi connectivity index (χ1n) is 8.58. The fraction of sp³-hybridized carbons (Fsp3) is 0.579. The molecule has 0 amide bonds. The van der Waals surface area contributed by atoms with E-state index in [2.05, 4.69) is 12.1 Å². The molecule has 2 aliphatic rings. The Kier molecular flexibility index (Phi) is 6.22. The lowest BCUT2D eigenvalue weighted by Gasteiger charge is -2.31. The minimum absolute atomic E-state index is 0.00210. The van der Waals surface area contributed by atoms with Gasteiger partial charge in [0.1, 0.15) is 6.10 Å². The van der Waals surface area contributed by atoms with Crippen molar-refractivity contribution in [3.63, 3.8) is 0 Å². The van der Waals surface area contributed by atoms with Gasteiger partial charge >= 0.3 is 0 Å². The molecular weight excluding hydrogens is 292 g/mol. The number of hydrogen-bond acceptors (Lipinski definition) is 4. The van der Waals surface area contributed by atoms with E-state index in [-0.39, 0.29) is 18.3 Å². The van der Waals surface area contributed by atoms with E-state index in [9.17, 15) is 5.11 Å². The first-order chi connectivity index (χ1) is 11.3. The van der Waals surface area contributed by atoms with Gasteiger partial charge < -0.3 is 19.3 Å². The molecule has 2 aliphatic heterocycles. The number of ether oxygens (including phenoxy) is 3. The Morgan fingerprint density at radius 2 is 2.04 bits per heavy atom. The summed E-state index contributed by atoms with van der Waals surface area (Å²) < 4.78 is 17.5. The van der Waals surface area contributed by atoms with Gasteiger partial charge in [0.05, 0.1) is 24.9 Å². The van der Waals surface area contributed by atoms with Crippen LogP contribution in [0.1, 0.15) is 31.2 Å². The van der Waals surface area contributed by atoms with Crippen LogP contribution in [0.25, 0.3) is 0 Å². The second kappa shape index (κ2) is 8.60. The van der Waals surface area contributed by atoms with Crippen LogP contribution in [0.5, 0.6) is 0 Å². The maximum atomic E-state index is 10.2. The molecule has 4 nitrogen and oxygen atoms in total. The fourth-order valence-electron chi connectivity index (χ4n) is 3.14. The maximum Gasteiger partial charge on any atom is 0.102 e. The quantitative estimate of drug-likeness (QED) is 0.647. The second-order valence-corrected chi connectivity index (χ2v) is 6.25. The number of aliphatic hydroxyl groups is 1. The Labute approximate surface area is 138 Å². The molecule has 1 N–H and O–H groups in total. The topological polar surface area (TPSA) is 47.9 Å². The van der Waals surface area contributed by atoms with Gasteiger partial charge in [-0.3, -0.25) is 0 Å². The highest BCUT2D eigenvalue weighted by atomic mass is 16.6. The highest BCUT2D eigenvalue weighted by molar-refractivity contribution is 5.13. The van der Waals surface area contributed by atoms with Crippen molar-refractivity contribution in [1.29, 1.82) is 0 Å². The van der Waals surface area contributed by atoms with E-state index in [0.717, 1.165) is 32.3 Å². The highest BCUT2D eigenvalue weighted by Gasteiger charge is 2.32. The standard InChI is InChI=1S/C19H26O4/c20-16-10-11-18-19(9-5-13-22-18)23-17(16)8-4-12-21-14-15-6-2-1-3-7-15/h1-3,6-7,10-11,16-20H,4-5,8-9,12-14H2/t16-,17+,18+,19-/m0/s1. The summed E-state index contributed by atoms with van der Waals surface area (Å²) in [6.45, 7) is 2.09. The number of benzene rings is 1. The normalized spacial score (nSPS) is 30.7. The third-order valence-corrected chi connectivity index (χ3v) is 4.43. The largest absolute Gasteiger partial charge is 0.386 e. The van der Waals surface area contributed by atoms with Gasteiger partial charge in [0, 0.05) is 13.2 Å². The van der Waals surface area contributed by atoms with Gasteiger partial charge in [0.25, 0.3) is 0 Å². The predicted molar refractivity (Wildman–Crippen MR) is 88.1 cm³/mol. The van der Waals surface area contributed by atoms with Crippen molar-refractivity contribution in [2.24, 2.45) is 0 Å². The van der Waals surface area contributed by atoms with Crippen molar-refractivity contribution >= 4 is 0 Å². The summed E-state index contributed by atoms with van der Waals surface area (Å²) >= 11 is 0. The fourth-order valence-corrected chi connectivity index (χ4v) is 3.14. The van der Waals surface area contributed by atoms with Crippen LogP contribution in [0.2, 0.25) is 0 Å². The number of hydrogen-bond donors (Lipinski definition) is 1. The monoisotopic (exact) mass is 318 g/mol. The third-order valence-electron chi connectivity index (χ3n) is 4.43. The summed E-state index contributed by atoms with van der Waals surface area (Å²) in [6.07, 6.45) is 6.84. The first-order valence-corrected chi connectivity index (χ1v) is 8.58. The van der Waals surface area contributed by atoms with E-state index in [1.54, 1.807) is 0 Å². The minimum atomic E-state index is -0.557. The van der Waals surface area contributed by atoms with Crippen molar-refractivity contribution in [3.8, 4) is 0 Å². The molecule has 0 radical (unpaired) electrons. The number of aliphatic hydroxyl groups excluding tert-OH is 1. The summed E-state index contributed by atoms with van der Waals surface area (Å²) in [5.74, 6) is 0. The van der Waals surface area contributed by atoms with Gasteiger partial charge in [-0.05, 0) is 31.2 Å². The van der Waals surface area contributed by atoms with Gasteiger partial charge in [-0.15, -0.1) is 0 Å². The predicted octanol–water partition coefficient (Wildman–Crippen LogP) is 2.85. The molecule has 4 atom stereocenters. The van der Waals surface area contributed by atoms with Gasteiger partial charge in [0.15, 0.2) is 0 Å². The first kappa shape index (κ1) is 16.7. The molecule has 0 unspecified atom stereocenters. The SMILES string of the molecule is O[C@H]1C=C[C@H]2OCCC[C@@H]2O[C@@H]1CCCOCc1ccccc1. The van der Waals surface area contributed by atoms with Crippen LogP contribution in [0.3, 0.4) is 0 Å². The van der Waals surface area contributed by atoms with Crippen LogP contribution in [-0.4, -0.2) is 42.7 Å². The van der Waals surface area contributed by atoms with E-state index >= 15 is 0 Å². The van der Waals surface area contributed by atoms with Crippen LogP contribution < -0.4 is 0 Å². The van der Waals surface area contributed by atoms with Gasteiger partial charge in [-0.2, -0.15) is 0 Å². The molecule has 1 aromatic carbocycles. The zero-order valence-corrected chi connectivity index (χ0v) is 13.5. The average Bonchev–Trinajstić information content (AvgIpc) is 2.75. The van der Waals surface area contributed by atoms with E-state index in [1.165, 1.54) is 5.56 Å². The molecular formula is C19H26O4. The van der Waals surface area contributed by atoms with Gasteiger partial charge in [-0.1, -0.05) is 42.5 Å². The lowest BCUT2D eigenvalue weighted by atomic mass is 10.1. The minimum Gasteiger partial charge on any atom is -0.386 e. The molecule has 0 bridgehead atoms. The molecule has 4 heteroatoms. The van der Waals surface area contributed by atoms with Crippen molar-refractivity contribution in [1.82, 2.24) is 0 Å². The van der Waals surface area contributed by atoms with Crippen LogP contribution in [0, 0.1) is 0 Å². The second-order valence-electron chi connectivity index (χ2n) is 6.25. The van der Waals surface area contributed by atoms with Crippen LogP contribution in [0.4, 0.5) is 0 Å². The Morgan fingerprint density at radius 1 is 1.17 bits per heavy atom. The Bertz CT molecular complexity index is 487. The van der Waals surface area contributed by atoms with Crippen molar-refractivity contribution < 1.29 is 19.3 Å². The molecule has 0 aliphatic carbocycles. The molecule has 1 aromatic rings. The third kappa shape index (κ3) is 4.88. The average molecular weight is 318 g/mol. The van der Waals surface area contributed by atoms with Crippen molar-refractivity contribution in [2.45, 2.75) is 56.7 Å². The zero-order valence-electron chi connectivity index (χ0n) is 13.5. The smallest absolute Gasteiger partial charge is 0.102 e. The van der Waals surface area contributed by atoms with Crippen LogP contribution in [-0.2, 0) is 20.8 Å². The van der Waals surface area contributed by atoms with E-state index in [4.69, 9.17) is 14.2 Å². The number of rotatable bonds is 6. The summed E-state index contributed by atoms with van der Waals surface area (Å²) in [4.78, 5) is 0. The molecule has 23 heavy (non-hydrogen) atoms. The van der Waals surface area contributed by atoms with Crippen LogP contribution in [0.15, 0.2) is 42.5 Å². The molecule has 0 aromatic heterocycles. The maximum absolute atomic E-state index is 10.2. The summed E-state index contributed by atoms with van der Waals surface area (Å²) in [6, 6.07) is 10.2. The number of fused-ring (bicyclic) bond motifs is 1. The molecule has 0 saturated carbocycles. The Morgan fingerprint density at radius 3 is 2.91 bits per heavy atom. The van der Waals surface area contributed by atoms with Gasteiger partial charge in [0.2, 0.25) is 0 Å². The van der Waals surface area contributed by atoms with E-state index in [1.807, 2.05) is 30.4 Å². The summed E-state index contributed by atoms with van der Waals surface area (Å²) in [5.41, 5.74) is 1.18. The van der Waals surface area contributed by atoms with Crippen LogP contribution >= 0.6 is 0 Å². The Hall–Kier alpha value is -1.20. The summed E-state index contributed by atoms with van der Waals surface area (Å²) in [5, 5.41) is 10.2. The van der Waals surface area contributed by atoms with Crippen molar-refractivity contribution in [3.05, 3.63) is 48.0 Å². The lowest BCUT2D eigenvalue weighted by molar-refractivity contribution is -0.129. The van der Waals surface area contributed by atoms with Crippen molar-refractivity contribution in [2.75, 3.05) is 13.2 Å². The molecule has 126 valence electrons. The lowest BCUT2D eigenvalue weighted by Crippen LogP contribution is -2.38. The molecule has 0 spiro atoms. The highest BCUT2D eigenvalue weighted by Crippen LogP contribution is 2.25. The summed E-state index contributed by atoms with van der Waals surface area (Å²) in [7, 11) is 0. The molecule has 1 saturated heterocycles. The van der Waals surface area contributed by atoms with E-state index < -0.39 is 6.10 Å².